The van der Waals surface area contributed by atoms with Crippen LogP contribution in [0.25, 0.3) is 0 Å². The molecule has 0 bridgehead atoms. The molecule has 7 nitrogen and oxygen atoms in total. The summed E-state index contributed by atoms with van der Waals surface area (Å²) in [6.45, 7) is 11.0. The minimum atomic E-state index is -0.343. The zero-order valence-electron chi connectivity index (χ0n) is 19.1. The van der Waals surface area contributed by atoms with E-state index in [1.807, 2.05) is 0 Å². The monoisotopic (exact) mass is 451 g/mol. The van der Waals surface area contributed by atoms with Gasteiger partial charge in [0.2, 0.25) is 0 Å². The Labute approximate surface area is 194 Å². The van der Waals surface area contributed by atoms with Crippen molar-refractivity contribution in [2.45, 2.75) is 20.3 Å². The number of carbonyl (C=O) groups excluding carboxylic acids is 1. The molecule has 0 aliphatic carbocycles. The molecule has 0 spiro atoms. The smallest absolute Gasteiger partial charge is 0.257 e. The summed E-state index contributed by atoms with van der Waals surface area (Å²) in [6.07, 6.45) is 7.15. The number of hydrogen-bond donors (Lipinski definition) is 2. The highest BCUT2D eigenvalue weighted by Crippen LogP contribution is 2.25. The lowest BCUT2D eigenvalue weighted by Crippen LogP contribution is -2.36. The van der Waals surface area contributed by atoms with Crippen LogP contribution < -0.4 is 10.6 Å². The maximum absolute atomic E-state index is 13.2. The number of carbonyl (C=O) groups is 1. The number of benzene rings is 1. The van der Waals surface area contributed by atoms with E-state index in [1.54, 1.807) is 36.8 Å². The lowest BCUT2D eigenvalue weighted by Gasteiger charge is -2.26. The van der Waals surface area contributed by atoms with E-state index in [9.17, 15) is 9.18 Å². The van der Waals surface area contributed by atoms with E-state index in [4.69, 9.17) is 4.74 Å². The average Bonchev–Trinajstić information content (AvgIpc) is 3.08. The van der Waals surface area contributed by atoms with Gasteiger partial charge in [-0.25, -0.2) is 9.38 Å². The van der Waals surface area contributed by atoms with Crippen molar-refractivity contribution in [1.29, 1.82) is 0 Å². The summed E-state index contributed by atoms with van der Waals surface area (Å²) in [7, 11) is 0. The molecular weight excluding hydrogens is 421 g/mol. The molecule has 1 aromatic carbocycles. The van der Waals surface area contributed by atoms with Gasteiger partial charge in [-0.2, -0.15) is 0 Å². The largest absolute Gasteiger partial charge is 0.380 e. The molecule has 174 valence electrons. The Morgan fingerprint density at radius 1 is 1.21 bits per heavy atom. The molecule has 33 heavy (non-hydrogen) atoms. The lowest BCUT2D eigenvalue weighted by atomic mass is 10.1. The molecule has 2 aromatic rings. The highest BCUT2D eigenvalue weighted by atomic mass is 19.1. The Hall–Kier alpha value is -3.52. The van der Waals surface area contributed by atoms with Gasteiger partial charge in [-0.05, 0) is 36.8 Å². The number of rotatable bonds is 7. The summed E-state index contributed by atoms with van der Waals surface area (Å²) < 4.78 is 18.7. The molecule has 0 saturated carbocycles. The molecule has 0 unspecified atom stereocenters. The normalized spacial score (nSPS) is 15.2. The van der Waals surface area contributed by atoms with E-state index in [1.165, 1.54) is 18.2 Å². The van der Waals surface area contributed by atoms with Gasteiger partial charge in [0.25, 0.3) is 5.91 Å². The van der Waals surface area contributed by atoms with Crippen molar-refractivity contribution in [2.75, 3.05) is 36.9 Å². The Morgan fingerprint density at radius 3 is 2.73 bits per heavy atom. The Kier molecular flexibility index (Phi) is 8.71. The second-order valence-electron chi connectivity index (χ2n) is 7.89. The van der Waals surface area contributed by atoms with Crippen LogP contribution in [0.1, 0.15) is 20.3 Å². The predicted molar refractivity (Wildman–Crippen MR) is 130 cm³/mol. The van der Waals surface area contributed by atoms with Crippen molar-refractivity contribution in [3.63, 3.8) is 0 Å². The van der Waals surface area contributed by atoms with Crippen molar-refractivity contribution in [3.05, 3.63) is 73.0 Å². The van der Waals surface area contributed by atoms with Crippen molar-refractivity contribution < 1.29 is 13.9 Å². The second kappa shape index (κ2) is 11.9. The third-order valence-corrected chi connectivity index (χ3v) is 5.07. The maximum atomic E-state index is 13.2. The molecule has 2 N–H and O–H groups in total. The molecule has 8 heteroatoms. The van der Waals surface area contributed by atoms with E-state index < -0.39 is 0 Å². The van der Waals surface area contributed by atoms with Crippen LogP contribution in [0, 0.1) is 11.7 Å². The summed E-state index contributed by atoms with van der Waals surface area (Å²) >= 11 is 0. The molecule has 0 radical (unpaired) electrons. The van der Waals surface area contributed by atoms with Gasteiger partial charge >= 0.3 is 0 Å². The molecule has 1 aromatic heterocycles. The van der Waals surface area contributed by atoms with Crippen LogP contribution >= 0.6 is 0 Å². The summed E-state index contributed by atoms with van der Waals surface area (Å²) in [4.78, 5) is 23.9. The zero-order chi connectivity index (χ0) is 23.6. The number of hydrogen-bond acceptors (Lipinski definition) is 5. The molecule has 0 atom stereocenters. The number of nitrogens with one attached hydrogen (secondary N) is 2. The van der Waals surface area contributed by atoms with E-state index in [2.05, 4.69) is 45.9 Å². The van der Waals surface area contributed by atoms with Crippen LogP contribution in [0.15, 0.2) is 72.1 Å². The van der Waals surface area contributed by atoms with Crippen LogP contribution in [-0.2, 0) is 9.53 Å². The van der Waals surface area contributed by atoms with Gasteiger partial charge < -0.3 is 20.3 Å². The summed E-state index contributed by atoms with van der Waals surface area (Å²) in [5.74, 6) is 0.440. The Bertz CT molecular complexity index is 1010. The predicted octanol–water partition coefficient (Wildman–Crippen LogP) is 4.75. The first-order chi connectivity index (χ1) is 16.0. The Balaban J connectivity index is 1.77. The number of amides is 1. The van der Waals surface area contributed by atoms with E-state index in [0.717, 1.165) is 32.0 Å². The highest BCUT2D eigenvalue weighted by molar-refractivity contribution is 6.07. The third-order valence-electron chi connectivity index (χ3n) is 5.07. The fourth-order valence-corrected chi connectivity index (χ4v) is 3.40. The summed E-state index contributed by atoms with van der Waals surface area (Å²) in [5, 5.41) is 6.02. The van der Waals surface area contributed by atoms with Gasteiger partial charge in [-0.1, -0.05) is 26.5 Å². The maximum Gasteiger partial charge on any atom is 0.257 e. The average molecular weight is 452 g/mol. The Morgan fingerprint density at radius 2 is 2.00 bits per heavy atom. The minimum Gasteiger partial charge on any atom is -0.380 e. The first-order valence-corrected chi connectivity index (χ1v) is 11.0. The number of aliphatic imine (C=N–C) groups is 1. The van der Waals surface area contributed by atoms with Gasteiger partial charge in [0.15, 0.2) is 0 Å². The fourth-order valence-electron chi connectivity index (χ4n) is 3.40. The minimum absolute atomic E-state index is 0.195. The van der Waals surface area contributed by atoms with Gasteiger partial charge in [0.1, 0.15) is 11.7 Å². The first-order valence-electron chi connectivity index (χ1n) is 11.0. The topological polar surface area (TPSA) is 78.8 Å². The van der Waals surface area contributed by atoms with Crippen LogP contribution in [0.3, 0.4) is 0 Å². The number of aromatic nitrogens is 1. The molecule has 1 amide bonds. The van der Waals surface area contributed by atoms with Crippen molar-refractivity contribution in [3.8, 4) is 0 Å². The van der Waals surface area contributed by atoms with Crippen LogP contribution in [0.2, 0.25) is 0 Å². The molecular formula is C25H30FN5O2. The van der Waals surface area contributed by atoms with Crippen LogP contribution in [0.4, 0.5) is 21.5 Å². The number of amidine groups is 1. The molecule has 3 rings (SSSR count). The van der Waals surface area contributed by atoms with Gasteiger partial charge in [-0.3, -0.25) is 9.78 Å². The van der Waals surface area contributed by atoms with E-state index >= 15 is 0 Å². The number of pyridine rings is 1. The SMILES string of the molecule is C=C/C(=C\N=C(C(C)C)N1CCCOCC1)C(=O)Nc1ccncc1Nc1ccc(F)cc1. The van der Waals surface area contributed by atoms with E-state index in [0.29, 0.717) is 29.2 Å². The highest BCUT2D eigenvalue weighted by Gasteiger charge is 2.17. The van der Waals surface area contributed by atoms with Crippen molar-refractivity contribution >= 4 is 28.8 Å². The van der Waals surface area contributed by atoms with Crippen molar-refractivity contribution in [1.82, 2.24) is 9.88 Å². The molecule has 2 heterocycles. The number of halogens is 1. The van der Waals surface area contributed by atoms with Gasteiger partial charge in [0, 0.05) is 43.7 Å². The van der Waals surface area contributed by atoms with Crippen LogP contribution in [-0.4, -0.2) is 47.9 Å². The second-order valence-corrected chi connectivity index (χ2v) is 7.89. The fraction of sp³-hybridized carbons (Fsp3) is 0.320. The molecule has 1 aliphatic heterocycles. The molecule has 1 aliphatic rings. The lowest BCUT2D eigenvalue weighted by molar-refractivity contribution is -0.112. The first kappa shape index (κ1) is 24.1. The summed E-state index contributed by atoms with van der Waals surface area (Å²) in [6, 6.07) is 7.62. The van der Waals surface area contributed by atoms with Gasteiger partial charge in [-0.15, -0.1) is 0 Å². The van der Waals surface area contributed by atoms with Crippen LogP contribution in [0.5, 0.6) is 0 Å². The quantitative estimate of drug-likeness (QED) is 0.275. The van der Waals surface area contributed by atoms with Crippen molar-refractivity contribution in [2.24, 2.45) is 10.9 Å². The number of nitrogens with zero attached hydrogens (tertiary/aromatic N) is 3. The van der Waals surface area contributed by atoms with E-state index in [-0.39, 0.29) is 17.6 Å². The number of ether oxygens (including phenoxy) is 1. The third kappa shape index (κ3) is 6.98. The van der Waals surface area contributed by atoms with Gasteiger partial charge in [0.05, 0.1) is 29.8 Å². The number of anilines is 3. The summed E-state index contributed by atoms with van der Waals surface area (Å²) in [5.41, 5.74) is 2.12. The molecule has 1 fully saturated rings. The zero-order valence-corrected chi connectivity index (χ0v) is 19.1. The molecule has 1 saturated heterocycles. The standard InChI is InChI=1S/C25H30FN5O2/c1-4-19(16-28-24(18(2)3)31-12-5-14-33-15-13-31)25(32)30-22-10-11-27-17-23(22)29-21-8-6-20(26)7-9-21/h4,6-11,16-18,29H,1,5,12-15H2,2-3H3,(H,27,30,32)/b19-16+,28-24?.